The maximum Gasteiger partial charge on any atom is 0.284 e. The summed E-state index contributed by atoms with van der Waals surface area (Å²) in [6, 6.07) is 6.28. The molecule has 0 unspecified atom stereocenters. The van der Waals surface area contributed by atoms with Crippen LogP contribution >= 0.6 is 22.6 Å². The van der Waals surface area contributed by atoms with Crippen molar-refractivity contribution in [3.8, 4) is 5.75 Å². The highest BCUT2D eigenvalue weighted by molar-refractivity contribution is 14.1. The normalized spacial score (nSPS) is 14.3. The molecule has 1 aliphatic heterocycles. The molecule has 0 spiro atoms. The van der Waals surface area contributed by atoms with E-state index in [0.29, 0.717) is 6.61 Å². The largest absolute Gasteiger partial charge is 0.465 e. The molecule has 3 heteroatoms. The summed E-state index contributed by atoms with van der Waals surface area (Å²) >= 11 is 2.33. The van der Waals surface area contributed by atoms with Crippen LogP contribution in [0.1, 0.15) is 32.3 Å². The maximum atomic E-state index is 5.85. The van der Waals surface area contributed by atoms with Gasteiger partial charge < -0.3 is 9.47 Å². The summed E-state index contributed by atoms with van der Waals surface area (Å²) < 4.78 is 12.7. The predicted molar refractivity (Wildman–Crippen MR) is 77.1 cm³/mol. The highest BCUT2D eigenvalue weighted by Crippen LogP contribution is 2.33. The first-order chi connectivity index (χ1) is 8.24. The van der Waals surface area contributed by atoms with E-state index in [4.69, 9.17) is 9.47 Å². The van der Waals surface area contributed by atoms with Crippen molar-refractivity contribution in [3.05, 3.63) is 38.9 Å². The lowest BCUT2D eigenvalue weighted by Gasteiger charge is -2.23. The summed E-state index contributed by atoms with van der Waals surface area (Å²) in [5.41, 5.74) is 2.55. The zero-order valence-electron chi connectivity index (χ0n) is 10.3. The van der Waals surface area contributed by atoms with Gasteiger partial charge in [0.1, 0.15) is 5.75 Å². The van der Waals surface area contributed by atoms with Crippen LogP contribution in [0, 0.1) is 3.57 Å². The van der Waals surface area contributed by atoms with Crippen LogP contribution in [-0.4, -0.2) is 6.61 Å². The van der Waals surface area contributed by atoms with E-state index in [1.54, 1.807) is 0 Å². The highest BCUT2D eigenvalue weighted by Gasteiger charge is 2.20. The number of halogens is 1. The van der Waals surface area contributed by atoms with E-state index in [0.717, 1.165) is 31.0 Å². The Labute approximate surface area is 116 Å². The molecule has 0 saturated heterocycles. The third-order valence-electron chi connectivity index (χ3n) is 2.74. The number of fused-ring (bicyclic) bond motifs is 1. The van der Waals surface area contributed by atoms with Crippen LogP contribution < -0.4 is 4.74 Å². The molecule has 2 rings (SSSR count). The third kappa shape index (κ3) is 2.94. The van der Waals surface area contributed by atoms with Gasteiger partial charge in [-0.15, -0.1) is 0 Å². The fraction of sp³-hybridized carbons (Fsp3) is 0.429. The monoisotopic (exact) mass is 344 g/mol. The van der Waals surface area contributed by atoms with Gasteiger partial charge in [0.25, 0.3) is 5.95 Å². The average Bonchev–Trinajstić information content (AvgIpc) is 2.31. The number of rotatable bonds is 4. The van der Waals surface area contributed by atoms with Crippen LogP contribution in [0.2, 0.25) is 0 Å². The molecule has 92 valence electrons. The van der Waals surface area contributed by atoms with Crippen LogP contribution in [0.3, 0.4) is 0 Å². The highest BCUT2D eigenvalue weighted by atomic mass is 127. The van der Waals surface area contributed by atoms with Gasteiger partial charge in [0.05, 0.1) is 6.61 Å². The Bertz CT molecular complexity index is 438. The molecule has 0 amide bonds. The molecule has 0 saturated carbocycles. The molecule has 0 atom stereocenters. The topological polar surface area (TPSA) is 18.5 Å². The van der Waals surface area contributed by atoms with E-state index in [-0.39, 0.29) is 0 Å². The minimum absolute atomic E-state index is 0.655. The van der Waals surface area contributed by atoms with E-state index in [1.807, 2.05) is 13.0 Å². The quantitative estimate of drug-likeness (QED) is 0.760. The fourth-order valence-electron chi connectivity index (χ4n) is 2.01. The van der Waals surface area contributed by atoms with Gasteiger partial charge in [-0.25, -0.2) is 0 Å². The molecule has 1 heterocycles. The summed E-state index contributed by atoms with van der Waals surface area (Å²) in [7, 11) is 0. The summed E-state index contributed by atoms with van der Waals surface area (Å²) in [5, 5.41) is 0. The summed E-state index contributed by atoms with van der Waals surface area (Å²) in [6.45, 7) is 4.83. The van der Waals surface area contributed by atoms with Gasteiger partial charge in [-0.3, -0.25) is 0 Å². The molecule has 17 heavy (non-hydrogen) atoms. The predicted octanol–water partition coefficient (Wildman–Crippen LogP) is 4.27. The first-order valence-electron chi connectivity index (χ1n) is 6.05. The van der Waals surface area contributed by atoms with Gasteiger partial charge in [0.2, 0.25) is 0 Å². The van der Waals surface area contributed by atoms with Gasteiger partial charge in [-0.05, 0) is 54.1 Å². The molecule has 0 fully saturated rings. The third-order valence-corrected chi connectivity index (χ3v) is 3.42. The van der Waals surface area contributed by atoms with Crippen molar-refractivity contribution >= 4 is 22.6 Å². The van der Waals surface area contributed by atoms with E-state index in [2.05, 4.69) is 41.6 Å². The van der Waals surface area contributed by atoms with Crippen molar-refractivity contribution < 1.29 is 9.47 Å². The lowest BCUT2D eigenvalue weighted by Crippen LogP contribution is -2.13. The molecular weight excluding hydrogens is 327 g/mol. The molecule has 2 nitrogen and oxygen atoms in total. The van der Waals surface area contributed by atoms with Crippen molar-refractivity contribution in [2.45, 2.75) is 33.1 Å². The van der Waals surface area contributed by atoms with E-state index >= 15 is 0 Å². The Morgan fingerprint density at radius 1 is 1.35 bits per heavy atom. The van der Waals surface area contributed by atoms with Crippen molar-refractivity contribution in [2.75, 3.05) is 6.61 Å². The fourth-order valence-corrected chi connectivity index (χ4v) is 2.57. The number of hydrogen-bond donors (Lipinski definition) is 0. The Kier molecular flexibility index (Phi) is 4.31. The summed E-state index contributed by atoms with van der Waals surface area (Å²) in [5.74, 6) is 1.66. The molecule has 0 aliphatic carbocycles. The second-order valence-electron chi connectivity index (χ2n) is 4.10. The molecule has 0 radical (unpaired) electrons. The zero-order chi connectivity index (χ0) is 12.3. The van der Waals surface area contributed by atoms with E-state index in [1.165, 1.54) is 14.7 Å². The van der Waals surface area contributed by atoms with Crippen LogP contribution in [0.25, 0.3) is 0 Å². The van der Waals surface area contributed by atoms with E-state index < -0.39 is 0 Å². The maximum absolute atomic E-state index is 5.85. The van der Waals surface area contributed by atoms with Crippen LogP contribution in [0.5, 0.6) is 5.75 Å². The second kappa shape index (κ2) is 5.76. The number of hydrogen-bond acceptors (Lipinski definition) is 2. The van der Waals surface area contributed by atoms with Gasteiger partial charge in [-0.2, -0.15) is 0 Å². The van der Waals surface area contributed by atoms with Crippen molar-refractivity contribution in [1.29, 1.82) is 0 Å². The number of allylic oxidation sites excluding steroid dienone is 1. The smallest absolute Gasteiger partial charge is 0.284 e. The Morgan fingerprint density at radius 2 is 2.18 bits per heavy atom. The Morgan fingerprint density at radius 3 is 2.88 bits per heavy atom. The zero-order valence-corrected chi connectivity index (χ0v) is 12.4. The molecule has 0 bridgehead atoms. The molecule has 0 N–H and O–H groups in total. The Balaban J connectivity index is 2.28. The van der Waals surface area contributed by atoms with Crippen molar-refractivity contribution in [2.24, 2.45) is 0 Å². The van der Waals surface area contributed by atoms with E-state index in [9.17, 15) is 0 Å². The lowest BCUT2D eigenvalue weighted by molar-refractivity contribution is 0.105. The summed E-state index contributed by atoms with van der Waals surface area (Å²) in [4.78, 5) is 0. The van der Waals surface area contributed by atoms with Gasteiger partial charge in [0.15, 0.2) is 0 Å². The SMILES string of the molecule is CCCC1=C(OCC)Oc2ccc(I)cc2C1. The molecule has 1 aliphatic rings. The van der Waals surface area contributed by atoms with Crippen molar-refractivity contribution in [1.82, 2.24) is 0 Å². The summed E-state index contributed by atoms with van der Waals surface area (Å²) in [6.07, 6.45) is 3.12. The van der Waals surface area contributed by atoms with Gasteiger partial charge in [-0.1, -0.05) is 13.3 Å². The van der Waals surface area contributed by atoms with Crippen molar-refractivity contribution in [3.63, 3.8) is 0 Å². The first-order valence-corrected chi connectivity index (χ1v) is 7.13. The molecule has 1 aromatic carbocycles. The first kappa shape index (κ1) is 12.7. The number of benzene rings is 1. The average molecular weight is 344 g/mol. The Hall–Kier alpha value is -0.710. The van der Waals surface area contributed by atoms with Gasteiger partial charge in [0, 0.05) is 21.1 Å². The molecular formula is C14H17IO2. The van der Waals surface area contributed by atoms with Crippen LogP contribution in [-0.2, 0) is 11.2 Å². The minimum Gasteiger partial charge on any atom is -0.465 e. The standard InChI is InChI=1S/C14H17IO2/c1-3-5-10-8-11-9-12(15)6-7-13(11)17-14(10)16-4-2/h6-7,9H,3-5,8H2,1-2H3. The minimum atomic E-state index is 0.655. The van der Waals surface area contributed by atoms with Crippen LogP contribution in [0.4, 0.5) is 0 Å². The second-order valence-corrected chi connectivity index (χ2v) is 5.35. The number of ether oxygens (including phenoxy) is 2. The lowest BCUT2D eigenvalue weighted by atomic mass is 9.99. The molecule has 0 aromatic heterocycles. The van der Waals surface area contributed by atoms with Gasteiger partial charge >= 0.3 is 0 Å². The van der Waals surface area contributed by atoms with Crippen LogP contribution in [0.15, 0.2) is 29.7 Å². The molecule has 1 aromatic rings.